The SMILES string of the molecule is Cc1ccc(-c2ccnc(NC3CCC(N)CC3)n2)cc1C#N. The van der Waals surface area contributed by atoms with Crippen LogP contribution in [0.2, 0.25) is 0 Å². The van der Waals surface area contributed by atoms with Gasteiger partial charge in [-0.05, 0) is 50.3 Å². The number of aryl methyl sites for hydroxylation is 1. The Labute approximate surface area is 136 Å². The van der Waals surface area contributed by atoms with Crippen LogP contribution in [0.25, 0.3) is 11.3 Å². The fourth-order valence-electron chi connectivity index (χ4n) is 2.94. The van der Waals surface area contributed by atoms with Crippen molar-refractivity contribution in [3.8, 4) is 17.3 Å². The molecule has 0 aliphatic heterocycles. The molecule has 1 aliphatic rings. The molecule has 0 amide bonds. The third-order valence-electron chi connectivity index (χ3n) is 4.41. The molecule has 1 saturated carbocycles. The largest absolute Gasteiger partial charge is 0.351 e. The summed E-state index contributed by atoms with van der Waals surface area (Å²) in [7, 11) is 0. The van der Waals surface area contributed by atoms with Gasteiger partial charge in [0.15, 0.2) is 0 Å². The van der Waals surface area contributed by atoms with Crippen LogP contribution in [0, 0.1) is 18.3 Å². The van der Waals surface area contributed by atoms with E-state index in [2.05, 4.69) is 21.4 Å². The Kier molecular flexibility index (Phi) is 4.54. The molecule has 3 N–H and O–H groups in total. The summed E-state index contributed by atoms with van der Waals surface area (Å²) in [5.41, 5.74) is 9.36. The third kappa shape index (κ3) is 3.66. The number of nitriles is 1. The van der Waals surface area contributed by atoms with Crippen molar-refractivity contribution in [2.24, 2.45) is 5.73 Å². The van der Waals surface area contributed by atoms with Crippen LogP contribution in [-0.4, -0.2) is 22.1 Å². The van der Waals surface area contributed by atoms with Gasteiger partial charge in [0.05, 0.1) is 17.3 Å². The molecule has 0 radical (unpaired) electrons. The molecule has 1 heterocycles. The van der Waals surface area contributed by atoms with Crippen molar-refractivity contribution in [2.45, 2.75) is 44.7 Å². The van der Waals surface area contributed by atoms with Gasteiger partial charge < -0.3 is 11.1 Å². The number of anilines is 1. The number of hydrogen-bond donors (Lipinski definition) is 2. The van der Waals surface area contributed by atoms with Crippen molar-refractivity contribution in [2.75, 3.05) is 5.32 Å². The van der Waals surface area contributed by atoms with E-state index >= 15 is 0 Å². The molecular formula is C18H21N5. The van der Waals surface area contributed by atoms with Crippen LogP contribution in [0.5, 0.6) is 0 Å². The minimum Gasteiger partial charge on any atom is -0.351 e. The molecule has 1 aliphatic carbocycles. The quantitative estimate of drug-likeness (QED) is 0.910. The molecule has 23 heavy (non-hydrogen) atoms. The summed E-state index contributed by atoms with van der Waals surface area (Å²) in [5.74, 6) is 0.641. The molecule has 0 spiro atoms. The Hall–Kier alpha value is -2.45. The van der Waals surface area contributed by atoms with Gasteiger partial charge in [-0.3, -0.25) is 0 Å². The Morgan fingerprint density at radius 3 is 2.74 bits per heavy atom. The van der Waals surface area contributed by atoms with Gasteiger partial charge in [-0.2, -0.15) is 5.26 Å². The van der Waals surface area contributed by atoms with E-state index in [9.17, 15) is 5.26 Å². The molecular weight excluding hydrogens is 286 g/mol. The van der Waals surface area contributed by atoms with Crippen LogP contribution < -0.4 is 11.1 Å². The Bertz CT molecular complexity index is 726. The lowest BCUT2D eigenvalue weighted by Crippen LogP contribution is -2.33. The van der Waals surface area contributed by atoms with Crippen molar-refractivity contribution < 1.29 is 0 Å². The van der Waals surface area contributed by atoms with E-state index in [-0.39, 0.29) is 0 Å². The van der Waals surface area contributed by atoms with Gasteiger partial charge in [0.1, 0.15) is 0 Å². The summed E-state index contributed by atoms with van der Waals surface area (Å²) in [6.07, 6.45) is 5.95. The molecule has 0 atom stereocenters. The lowest BCUT2D eigenvalue weighted by atomic mass is 9.92. The average Bonchev–Trinajstić information content (AvgIpc) is 2.58. The third-order valence-corrected chi connectivity index (χ3v) is 4.41. The Morgan fingerprint density at radius 1 is 1.22 bits per heavy atom. The van der Waals surface area contributed by atoms with Crippen LogP contribution in [0.4, 0.5) is 5.95 Å². The highest BCUT2D eigenvalue weighted by Gasteiger charge is 2.19. The normalized spacial score (nSPS) is 20.7. The van der Waals surface area contributed by atoms with Crippen LogP contribution >= 0.6 is 0 Å². The number of nitrogens with two attached hydrogens (primary N) is 1. The maximum atomic E-state index is 9.18. The van der Waals surface area contributed by atoms with Crippen LogP contribution in [-0.2, 0) is 0 Å². The summed E-state index contributed by atoms with van der Waals surface area (Å²) in [4.78, 5) is 8.92. The maximum absolute atomic E-state index is 9.18. The number of aromatic nitrogens is 2. The highest BCUT2D eigenvalue weighted by atomic mass is 15.1. The molecule has 5 nitrogen and oxygen atoms in total. The summed E-state index contributed by atoms with van der Waals surface area (Å²) in [6.45, 7) is 1.93. The van der Waals surface area contributed by atoms with Crippen LogP contribution in [0.3, 0.4) is 0 Å². The predicted molar refractivity (Wildman–Crippen MR) is 90.8 cm³/mol. The first-order chi connectivity index (χ1) is 11.2. The molecule has 1 aromatic carbocycles. The number of rotatable bonds is 3. The number of nitrogens with zero attached hydrogens (tertiary/aromatic N) is 3. The average molecular weight is 307 g/mol. The zero-order chi connectivity index (χ0) is 16.2. The minimum atomic E-state index is 0.331. The van der Waals surface area contributed by atoms with Crippen LogP contribution in [0.15, 0.2) is 30.5 Å². The lowest BCUT2D eigenvalue weighted by Gasteiger charge is -2.26. The summed E-state index contributed by atoms with van der Waals surface area (Å²) in [5, 5.41) is 12.6. The molecule has 0 saturated heterocycles. The van der Waals surface area contributed by atoms with Crippen molar-refractivity contribution in [3.63, 3.8) is 0 Å². The summed E-state index contributed by atoms with van der Waals surface area (Å²) in [6, 6.07) is 10.6. The van der Waals surface area contributed by atoms with Crippen molar-refractivity contribution in [3.05, 3.63) is 41.6 Å². The fourth-order valence-corrected chi connectivity index (χ4v) is 2.94. The van der Waals surface area contributed by atoms with E-state index in [0.717, 1.165) is 42.5 Å². The number of nitrogens with one attached hydrogen (secondary N) is 1. The van der Waals surface area contributed by atoms with E-state index in [1.807, 2.05) is 31.2 Å². The monoisotopic (exact) mass is 307 g/mol. The molecule has 0 bridgehead atoms. The summed E-state index contributed by atoms with van der Waals surface area (Å²) < 4.78 is 0. The van der Waals surface area contributed by atoms with Gasteiger partial charge in [0, 0.05) is 23.8 Å². The fraction of sp³-hybridized carbons (Fsp3) is 0.389. The highest BCUT2D eigenvalue weighted by molar-refractivity contribution is 5.63. The first kappa shape index (κ1) is 15.4. The van der Waals surface area contributed by atoms with E-state index in [4.69, 9.17) is 5.73 Å². The van der Waals surface area contributed by atoms with Crippen LogP contribution in [0.1, 0.15) is 36.8 Å². The first-order valence-electron chi connectivity index (χ1n) is 8.02. The summed E-state index contributed by atoms with van der Waals surface area (Å²) >= 11 is 0. The standard InChI is InChI=1S/C18H21N5/c1-12-2-3-13(10-14(12)11-19)17-8-9-21-18(23-17)22-16-6-4-15(20)5-7-16/h2-3,8-10,15-16H,4-7,20H2,1H3,(H,21,22,23). The number of benzene rings is 1. The van der Waals surface area contributed by atoms with Gasteiger partial charge in [-0.15, -0.1) is 0 Å². The van der Waals surface area contributed by atoms with Gasteiger partial charge >= 0.3 is 0 Å². The smallest absolute Gasteiger partial charge is 0.223 e. The molecule has 5 heteroatoms. The second-order valence-electron chi connectivity index (χ2n) is 6.16. The van der Waals surface area contributed by atoms with Gasteiger partial charge in [0.2, 0.25) is 5.95 Å². The second-order valence-corrected chi connectivity index (χ2v) is 6.16. The van der Waals surface area contributed by atoms with Crippen molar-refractivity contribution in [1.82, 2.24) is 9.97 Å². The molecule has 0 unspecified atom stereocenters. The topological polar surface area (TPSA) is 87.6 Å². The van der Waals surface area contributed by atoms with Gasteiger partial charge in [-0.25, -0.2) is 9.97 Å². The van der Waals surface area contributed by atoms with Crippen molar-refractivity contribution >= 4 is 5.95 Å². The molecule has 118 valence electrons. The Balaban J connectivity index is 1.79. The van der Waals surface area contributed by atoms with E-state index in [0.29, 0.717) is 23.6 Å². The molecule has 3 rings (SSSR count). The van der Waals surface area contributed by atoms with E-state index < -0.39 is 0 Å². The zero-order valence-electron chi connectivity index (χ0n) is 13.3. The molecule has 1 aromatic heterocycles. The Morgan fingerprint density at radius 2 is 2.00 bits per heavy atom. The van der Waals surface area contributed by atoms with Gasteiger partial charge in [0.25, 0.3) is 0 Å². The van der Waals surface area contributed by atoms with E-state index in [1.165, 1.54) is 0 Å². The zero-order valence-corrected chi connectivity index (χ0v) is 13.3. The number of hydrogen-bond acceptors (Lipinski definition) is 5. The second kappa shape index (κ2) is 6.76. The van der Waals surface area contributed by atoms with Gasteiger partial charge in [-0.1, -0.05) is 12.1 Å². The lowest BCUT2D eigenvalue weighted by molar-refractivity contribution is 0.410. The van der Waals surface area contributed by atoms with E-state index in [1.54, 1.807) is 6.20 Å². The minimum absolute atomic E-state index is 0.331. The molecule has 1 fully saturated rings. The molecule has 2 aromatic rings. The first-order valence-corrected chi connectivity index (χ1v) is 8.02. The maximum Gasteiger partial charge on any atom is 0.223 e. The predicted octanol–water partition coefficient (Wildman–Crippen LogP) is 3.01. The van der Waals surface area contributed by atoms with Crippen molar-refractivity contribution in [1.29, 1.82) is 5.26 Å². The highest BCUT2D eigenvalue weighted by Crippen LogP contribution is 2.23.